The van der Waals surface area contributed by atoms with Crippen molar-refractivity contribution in [3.63, 3.8) is 0 Å². The lowest BCUT2D eigenvalue weighted by Gasteiger charge is -2.30. The SMILES string of the molecule is CCCCCOc1ccc(S(=O)(=O)N2CCC(C(N)=O)CC2)c2ccccc12. The fourth-order valence-electron chi connectivity index (χ4n) is 3.65. The van der Waals surface area contributed by atoms with E-state index in [1.807, 2.05) is 24.3 Å². The van der Waals surface area contributed by atoms with Crippen LogP contribution in [0, 0.1) is 5.92 Å². The molecule has 1 fully saturated rings. The van der Waals surface area contributed by atoms with E-state index in [-0.39, 0.29) is 16.7 Å². The number of piperidine rings is 1. The van der Waals surface area contributed by atoms with Crippen LogP contribution in [0.5, 0.6) is 5.75 Å². The number of carbonyl (C=O) groups excluding carboxylic acids is 1. The molecular weight excluding hydrogens is 376 g/mol. The first kappa shape index (κ1) is 20.6. The molecule has 0 unspecified atom stereocenters. The summed E-state index contributed by atoms with van der Waals surface area (Å²) in [6.07, 6.45) is 4.12. The molecule has 1 aliphatic heterocycles. The molecule has 1 heterocycles. The Balaban J connectivity index is 1.88. The topological polar surface area (TPSA) is 89.7 Å². The fraction of sp³-hybridized carbons (Fsp3) is 0.476. The molecule has 0 aliphatic carbocycles. The van der Waals surface area contributed by atoms with Crippen LogP contribution in [0.15, 0.2) is 41.3 Å². The summed E-state index contributed by atoms with van der Waals surface area (Å²) >= 11 is 0. The lowest BCUT2D eigenvalue weighted by molar-refractivity contribution is -0.122. The highest BCUT2D eigenvalue weighted by Crippen LogP contribution is 2.34. The molecule has 0 aromatic heterocycles. The maximum atomic E-state index is 13.3. The molecule has 152 valence electrons. The number of nitrogens with zero attached hydrogens (tertiary/aromatic N) is 1. The van der Waals surface area contributed by atoms with Gasteiger partial charge in [0.05, 0.1) is 11.5 Å². The van der Waals surface area contributed by atoms with Crippen molar-refractivity contribution in [2.45, 2.75) is 43.9 Å². The number of rotatable bonds is 8. The van der Waals surface area contributed by atoms with Gasteiger partial charge in [0, 0.05) is 29.8 Å². The van der Waals surface area contributed by atoms with E-state index in [4.69, 9.17) is 10.5 Å². The smallest absolute Gasteiger partial charge is 0.243 e. The van der Waals surface area contributed by atoms with Crippen LogP contribution in [-0.2, 0) is 14.8 Å². The zero-order valence-electron chi connectivity index (χ0n) is 16.3. The van der Waals surface area contributed by atoms with Gasteiger partial charge in [-0.15, -0.1) is 0 Å². The Morgan fingerprint density at radius 1 is 1.11 bits per heavy atom. The van der Waals surface area contributed by atoms with Crippen LogP contribution in [0.3, 0.4) is 0 Å². The highest BCUT2D eigenvalue weighted by Gasteiger charge is 2.32. The van der Waals surface area contributed by atoms with Crippen molar-refractivity contribution in [2.75, 3.05) is 19.7 Å². The van der Waals surface area contributed by atoms with Crippen LogP contribution >= 0.6 is 0 Å². The lowest BCUT2D eigenvalue weighted by atomic mass is 9.98. The molecule has 3 rings (SSSR count). The molecule has 28 heavy (non-hydrogen) atoms. The van der Waals surface area contributed by atoms with E-state index in [1.165, 1.54) is 4.31 Å². The minimum absolute atomic E-state index is 0.248. The summed E-state index contributed by atoms with van der Waals surface area (Å²) in [5.41, 5.74) is 5.36. The Morgan fingerprint density at radius 3 is 2.43 bits per heavy atom. The summed E-state index contributed by atoms with van der Waals surface area (Å²) in [6.45, 7) is 3.37. The summed E-state index contributed by atoms with van der Waals surface area (Å²) < 4.78 is 33.9. The quantitative estimate of drug-likeness (QED) is 0.684. The minimum Gasteiger partial charge on any atom is -0.493 e. The van der Waals surface area contributed by atoms with E-state index in [0.717, 1.165) is 24.6 Å². The van der Waals surface area contributed by atoms with E-state index in [1.54, 1.807) is 12.1 Å². The number of carbonyl (C=O) groups is 1. The molecule has 0 radical (unpaired) electrons. The highest BCUT2D eigenvalue weighted by molar-refractivity contribution is 7.89. The molecule has 0 saturated carbocycles. The van der Waals surface area contributed by atoms with Crippen LogP contribution in [0.4, 0.5) is 0 Å². The minimum atomic E-state index is -3.66. The van der Waals surface area contributed by atoms with Gasteiger partial charge in [0.25, 0.3) is 0 Å². The standard InChI is InChI=1S/C21H28N2O4S/c1-2-3-6-15-27-19-9-10-20(18-8-5-4-7-17(18)19)28(25,26)23-13-11-16(12-14-23)21(22)24/h4-5,7-10,16H,2-3,6,11-15H2,1H3,(H2,22,24). The van der Waals surface area contributed by atoms with E-state index in [2.05, 4.69) is 6.92 Å². The molecule has 0 bridgehead atoms. The molecule has 0 spiro atoms. The van der Waals surface area contributed by atoms with Crippen LogP contribution in [-0.4, -0.2) is 38.3 Å². The summed E-state index contributed by atoms with van der Waals surface area (Å²) in [5, 5.41) is 1.46. The first-order valence-corrected chi connectivity index (χ1v) is 11.3. The maximum absolute atomic E-state index is 13.3. The first-order valence-electron chi connectivity index (χ1n) is 9.89. The van der Waals surface area contributed by atoms with Crippen LogP contribution in [0.2, 0.25) is 0 Å². The molecular formula is C21H28N2O4S. The monoisotopic (exact) mass is 404 g/mol. The Hall–Kier alpha value is -2.12. The number of sulfonamides is 1. The van der Waals surface area contributed by atoms with Gasteiger partial charge in [-0.25, -0.2) is 8.42 Å². The van der Waals surface area contributed by atoms with Gasteiger partial charge < -0.3 is 10.5 Å². The number of ether oxygens (including phenoxy) is 1. The van der Waals surface area contributed by atoms with Crippen molar-refractivity contribution < 1.29 is 17.9 Å². The third-order valence-electron chi connectivity index (χ3n) is 5.32. The second-order valence-corrected chi connectivity index (χ2v) is 9.15. The molecule has 1 aliphatic rings. The van der Waals surface area contributed by atoms with Crippen LogP contribution in [0.25, 0.3) is 10.8 Å². The Labute approximate surface area is 166 Å². The summed E-state index contributed by atoms with van der Waals surface area (Å²) in [6, 6.07) is 10.8. The summed E-state index contributed by atoms with van der Waals surface area (Å²) in [4.78, 5) is 11.6. The molecule has 0 atom stereocenters. The first-order chi connectivity index (χ1) is 13.4. The second kappa shape index (κ2) is 8.92. The van der Waals surface area contributed by atoms with Gasteiger partial charge in [0.15, 0.2) is 0 Å². The third kappa shape index (κ3) is 4.31. The molecule has 2 aromatic rings. The van der Waals surface area contributed by atoms with Crippen molar-refractivity contribution in [3.8, 4) is 5.75 Å². The maximum Gasteiger partial charge on any atom is 0.243 e. The average Bonchev–Trinajstić information content (AvgIpc) is 2.71. The van der Waals surface area contributed by atoms with Crippen molar-refractivity contribution in [1.29, 1.82) is 0 Å². The second-order valence-electron chi connectivity index (χ2n) is 7.24. The Morgan fingerprint density at radius 2 is 1.79 bits per heavy atom. The highest BCUT2D eigenvalue weighted by atomic mass is 32.2. The number of fused-ring (bicyclic) bond motifs is 1. The van der Waals surface area contributed by atoms with E-state index in [9.17, 15) is 13.2 Å². The molecule has 1 saturated heterocycles. The van der Waals surface area contributed by atoms with Gasteiger partial charge in [-0.3, -0.25) is 4.79 Å². The summed E-state index contributed by atoms with van der Waals surface area (Å²) in [7, 11) is -3.66. The Bertz CT molecular complexity index is 935. The number of amides is 1. The number of primary amides is 1. The molecule has 2 aromatic carbocycles. The number of benzene rings is 2. The van der Waals surface area contributed by atoms with Gasteiger partial charge in [-0.1, -0.05) is 44.0 Å². The molecule has 7 heteroatoms. The normalized spacial score (nSPS) is 16.3. The average molecular weight is 405 g/mol. The molecule has 2 N–H and O–H groups in total. The van der Waals surface area contributed by atoms with Gasteiger partial charge in [-0.2, -0.15) is 4.31 Å². The van der Waals surface area contributed by atoms with Crippen molar-refractivity contribution >= 4 is 26.7 Å². The van der Waals surface area contributed by atoms with E-state index in [0.29, 0.717) is 43.7 Å². The lowest BCUT2D eigenvalue weighted by Crippen LogP contribution is -2.41. The zero-order valence-corrected chi connectivity index (χ0v) is 17.1. The number of hydrogen-bond donors (Lipinski definition) is 1. The predicted molar refractivity (Wildman–Crippen MR) is 110 cm³/mol. The van der Waals surface area contributed by atoms with Gasteiger partial charge in [0.2, 0.25) is 15.9 Å². The Kier molecular flexibility index (Phi) is 6.57. The predicted octanol–water partition coefficient (Wildman–Crippen LogP) is 3.29. The van der Waals surface area contributed by atoms with E-state index < -0.39 is 10.0 Å². The summed E-state index contributed by atoms with van der Waals surface area (Å²) in [5.74, 6) is 0.104. The molecule has 1 amide bonds. The largest absolute Gasteiger partial charge is 0.493 e. The van der Waals surface area contributed by atoms with Crippen molar-refractivity contribution in [3.05, 3.63) is 36.4 Å². The van der Waals surface area contributed by atoms with Gasteiger partial charge in [0.1, 0.15) is 5.75 Å². The third-order valence-corrected chi connectivity index (χ3v) is 7.28. The van der Waals surface area contributed by atoms with Crippen LogP contribution < -0.4 is 10.5 Å². The zero-order chi connectivity index (χ0) is 20.1. The van der Waals surface area contributed by atoms with Gasteiger partial charge >= 0.3 is 0 Å². The van der Waals surface area contributed by atoms with Crippen molar-refractivity contribution in [2.24, 2.45) is 11.7 Å². The van der Waals surface area contributed by atoms with Gasteiger partial charge in [-0.05, 0) is 31.4 Å². The van der Waals surface area contributed by atoms with E-state index >= 15 is 0 Å². The molecule has 6 nitrogen and oxygen atoms in total. The van der Waals surface area contributed by atoms with Crippen LogP contribution in [0.1, 0.15) is 39.0 Å². The fourth-order valence-corrected chi connectivity index (χ4v) is 5.31. The van der Waals surface area contributed by atoms with Crippen molar-refractivity contribution in [1.82, 2.24) is 4.31 Å². The number of unbranched alkanes of at least 4 members (excludes halogenated alkanes) is 2. The number of nitrogens with two attached hydrogens (primary N) is 1. The number of hydrogen-bond acceptors (Lipinski definition) is 4.